The van der Waals surface area contributed by atoms with Gasteiger partial charge in [-0.15, -0.1) is 0 Å². The monoisotopic (exact) mass is 361 g/mol. The van der Waals surface area contributed by atoms with E-state index in [-0.39, 0.29) is 26.5 Å². The predicted octanol–water partition coefficient (Wildman–Crippen LogP) is 3.45. The molecule has 0 saturated heterocycles. The summed E-state index contributed by atoms with van der Waals surface area (Å²) in [5, 5.41) is -0.160. The predicted molar refractivity (Wildman–Crippen MR) is 62.9 cm³/mol. The number of hydrogen-bond acceptors (Lipinski definition) is 3. The second kappa shape index (κ2) is 5.72. The number of esters is 1. The third kappa shape index (κ3) is 2.79. The molecule has 88 valence electrons. The molecule has 1 rings (SSSR count). The molecule has 1 aromatic heterocycles. The third-order valence-electron chi connectivity index (χ3n) is 1.70. The summed E-state index contributed by atoms with van der Waals surface area (Å²) < 4.78 is 30.0. The van der Waals surface area contributed by atoms with E-state index < -0.39 is 12.4 Å². The van der Waals surface area contributed by atoms with Crippen LogP contribution in [0.5, 0.6) is 0 Å². The van der Waals surface area contributed by atoms with E-state index in [4.69, 9.17) is 11.6 Å². The lowest BCUT2D eigenvalue weighted by Crippen LogP contribution is -2.11. The van der Waals surface area contributed by atoms with Crippen LogP contribution in [0.1, 0.15) is 29.4 Å². The van der Waals surface area contributed by atoms with Crippen LogP contribution < -0.4 is 0 Å². The van der Waals surface area contributed by atoms with Crippen LogP contribution in [0.3, 0.4) is 0 Å². The molecule has 0 spiro atoms. The number of rotatable bonds is 3. The van der Waals surface area contributed by atoms with Crippen LogP contribution in [0.2, 0.25) is 5.02 Å². The quantitative estimate of drug-likeness (QED) is 0.611. The summed E-state index contributed by atoms with van der Waals surface area (Å²) in [6, 6.07) is 0. The number of alkyl halides is 2. The lowest BCUT2D eigenvalue weighted by molar-refractivity contribution is 0.0517. The first kappa shape index (κ1) is 13.6. The van der Waals surface area contributed by atoms with Crippen molar-refractivity contribution < 1.29 is 18.3 Å². The van der Waals surface area contributed by atoms with Gasteiger partial charge in [0.1, 0.15) is 0 Å². The maximum atomic E-state index is 12.6. The molecule has 0 aliphatic rings. The van der Waals surface area contributed by atoms with Gasteiger partial charge in [0.25, 0.3) is 6.43 Å². The van der Waals surface area contributed by atoms with Crippen molar-refractivity contribution in [1.29, 1.82) is 0 Å². The molecule has 16 heavy (non-hydrogen) atoms. The highest BCUT2D eigenvalue weighted by molar-refractivity contribution is 14.1. The minimum atomic E-state index is -2.75. The zero-order valence-electron chi connectivity index (χ0n) is 8.14. The fourth-order valence-electron chi connectivity index (χ4n) is 1.02. The number of carbonyl (C=O) groups is 1. The van der Waals surface area contributed by atoms with Gasteiger partial charge >= 0.3 is 5.97 Å². The van der Waals surface area contributed by atoms with Gasteiger partial charge in [-0.2, -0.15) is 0 Å². The molecular weight excluding hydrogens is 354 g/mol. The summed E-state index contributed by atoms with van der Waals surface area (Å²) in [6.45, 7) is 1.78. The normalized spacial score (nSPS) is 10.6. The Morgan fingerprint density at radius 3 is 2.81 bits per heavy atom. The molecule has 0 unspecified atom stereocenters. The average molecular weight is 362 g/mol. The first-order valence-corrected chi connectivity index (χ1v) is 5.73. The topological polar surface area (TPSA) is 39.2 Å². The Balaban J connectivity index is 3.23. The van der Waals surface area contributed by atoms with Crippen molar-refractivity contribution in [1.82, 2.24) is 4.98 Å². The summed E-state index contributed by atoms with van der Waals surface area (Å²) in [4.78, 5) is 15.1. The molecule has 0 N–H and O–H groups in total. The Morgan fingerprint density at radius 2 is 2.31 bits per heavy atom. The van der Waals surface area contributed by atoms with E-state index in [0.29, 0.717) is 0 Å². The van der Waals surface area contributed by atoms with Crippen LogP contribution in [0.15, 0.2) is 6.20 Å². The second-order valence-electron chi connectivity index (χ2n) is 2.70. The van der Waals surface area contributed by atoms with Crippen LogP contribution >= 0.6 is 34.2 Å². The Labute approximate surface area is 109 Å². The van der Waals surface area contributed by atoms with E-state index in [2.05, 4.69) is 9.72 Å². The highest BCUT2D eigenvalue weighted by atomic mass is 127. The molecular formula is C9H7ClF2INO2. The number of nitrogens with zero attached hydrogens (tertiary/aromatic N) is 1. The van der Waals surface area contributed by atoms with E-state index in [1.807, 2.05) is 0 Å². The van der Waals surface area contributed by atoms with Gasteiger partial charge in [-0.05, 0) is 29.5 Å². The van der Waals surface area contributed by atoms with Gasteiger partial charge in [0.05, 0.1) is 20.8 Å². The largest absolute Gasteiger partial charge is 0.461 e. The van der Waals surface area contributed by atoms with E-state index >= 15 is 0 Å². The molecule has 0 aliphatic carbocycles. The molecule has 0 amide bonds. The minimum absolute atomic E-state index is 0.0264. The molecule has 1 heterocycles. The zero-order chi connectivity index (χ0) is 12.3. The fraction of sp³-hybridized carbons (Fsp3) is 0.333. The Bertz CT molecular complexity index is 415. The number of ether oxygens (including phenoxy) is 1. The molecule has 0 bridgehead atoms. The maximum absolute atomic E-state index is 12.6. The molecule has 7 heteroatoms. The van der Waals surface area contributed by atoms with Crippen molar-refractivity contribution >= 4 is 40.2 Å². The molecule has 0 aromatic carbocycles. The van der Waals surface area contributed by atoms with Crippen LogP contribution in [-0.4, -0.2) is 17.6 Å². The van der Waals surface area contributed by atoms with E-state index in [1.165, 1.54) is 0 Å². The molecule has 0 atom stereocenters. The number of aromatic nitrogens is 1. The number of pyridine rings is 1. The van der Waals surface area contributed by atoms with Gasteiger partial charge in [0.15, 0.2) is 5.69 Å². The summed E-state index contributed by atoms with van der Waals surface area (Å²) >= 11 is 7.19. The fourth-order valence-corrected chi connectivity index (χ4v) is 2.29. The van der Waals surface area contributed by atoms with E-state index in [0.717, 1.165) is 6.20 Å². The third-order valence-corrected chi connectivity index (χ3v) is 3.09. The maximum Gasteiger partial charge on any atom is 0.358 e. The smallest absolute Gasteiger partial charge is 0.358 e. The number of carbonyl (C=O) groups excluding carboxylic acids is 1. The number of halogens is 4. The summed E-state index contributed by atoms with van der Waals surface area (Å²) in [5.74, 6) is -0.731. The van der Waals surface area contributed by atoms with Gasteiger partial charge < -0.3 is 4.74 Å². The highest BCUT2D eigenvalue weighted by Gasteiger charge is 2.23. The van der Waals surface area contributed by atoms with Crippen molar-refractivity contribution in [3.8, 4) is 0 Å². The van der Waals surface area contributed by atoms with Crippen LogP contribution in [-0.2, 0) is 4.74 Å². The van der Waals surface area contributed by atoms with E-state index in [1.54, 1.807) is 29.5 Å². The molecule has 0 aliphatic heterocycles. The van der Waals surface area contributed by atoms with Crippen molar-refractivity contribution in [2.45, 2.75) is 13.3 Å². The van der Waals surface area contributed by atoms with Gasteiger partial charge in [-0.25, -0.2) is 18.6 Å². The summed E-state index contributed by atoms with van der Waals surface area (Å²) in [7, 11) is 0. The Kier molecular flexibility index (Phi) is 4.85. The second-order valence-corrected chi connectivity index (χ2v) is 4.19. The number of hydrogen-bond donors (Lipinski definition) is 0. The van der Waals surface area contributed by atoms with Crippen molar-refractivity contribution in [2.24, 2.45) is 0 Å². The molecule has 3 nitrogen and oxygen atoms in total. The lowest BCUT2D eigenvalue weighted by Gasteiger charge is -2.09. The average Bonchev–Trinajstić information content (AvgIpc) is 2.17. The minimum Gasteiger partial charge on any atom is -0.461 e. The van der Waals surface area contributed by atoms with Crippen LogP contribution in [0.4, 0.5) is 8.78 Å². The van der Waals surface area contributed by atoms with Gasteiger partial charge in [-0.1, -0.05) is 11.6 Å². The highest BCUT2D eigenvalue weighted by Crippen LogP contribution is 2.32. The zero-order valence-corrected chi connectivity index (χ0v) is 11.1. The van der Waals surface area contributed by atoms with Gasteiger partial charge in [0, 0.05) is 6.20 Å². The van der Waals surface area contributed by atoms with Gasteiger partial charge in [-0.3, -0.25) is 0 Å². The standard InChI is InChI=1S/C9H7ClF2INO2/c1-2-16-9(15)7-6(13)5(8(11)12)4(10)3-14-7/h3,8H,2H2,1H3. The Hall–Kier alpha value is -0.500. The molecule has 1 aromatic rings. The SMILES string of the molecule is CCOC(=O)c1ncc(Cl)c(C(F)F)c1I. The van der Waals surface area contributed by atoms with Crippen LogP contribution in [0, 0.1) is 3.57 Å². The van der Waals surface area contributed by atoms with Crippen molar-refractivity contribution in [2.75, 3.05) is 6.61 Å². The van der Waals surface area contributed by atoms with Crippen molar-refractivity contribution in [3.05, 3.63) is 26.0 Å². The van der Waals surface area contributed by atoms with Gasteiger partial charge in [0.2, 0.25) is 0 Å². The van der Waals surface area contributed by atoms with Crippen LogP contribution in [0.25, 0.3) is 0 Å². The molecule has 0 radical (unpaired) electrons. The van der Waals surface area contributed by atoms with Crippen molar-refractivity contribution in [3.63, 3.8) is 0 Å². The summed E-state index contributed by atoms with van der Waals surface area (Å²) in [5.41, 5.74) is -0.525. The Morgan fingerprint density at radius 1 is 1.69 bits per heavy atom. The lowest BCUT2D eigenvalue weighted by atomic mass is 10.2. The first-order valence-electron chi connectivity index (χ1n) is 4.28. The first-order chi connectivity index (χ1) is 7.49. The molecule has 0 fully saturated rings. The summed E-state index contributed by atoms with van der Waals surface area (Å²) in [6.07, 6.45) is -1.73. The molecule has 0 saturated carbocycles. The van der Waals surface area contributed by atoms with E-state index in [9.17, 15) is 13.6 Å².